The van der Waals surface area contributed by atoms with E-state index in [0.717, 1.165) is 49.4 Å². The zero-order chi connectivity index (χ0) is 17.6. The van der Waals surface area contributed by atoms with Crippen molar-refractivity contribution in [3.05, 3.63) is 41.0 Å². The molecule has 1 N–H and O–H groups in total. The van der Waals surface area contributed by atoms with E-state index in [1.54, 1.807) is 6.92 Å². The molecule has 26 heavy (non-hydrogen) atoms. The fraction of sp³-hybridized carbons (Fsp3) is 0.471. The standard InChI is InChI=1S/C17H23ClN6O.HI/c1-3-19-17(20-12-16-21-13(2)22-25-16)24-10-8-23(9-11-24)15-7-5-4-6-14(15)18;/h4-7H,3,8-12H2,1-2H3,(H,19,20);1H. The molecule has 7 nitrogen and oxygen atoms in total. The average Bonchev–Trinajstić information content (AvgIpc) is 3.05. The molecular weight excluding hydrogens is 467 g/mol. The normalized spacial score (nSPS) is 15.0. The van der Waals surface area contributed by atoms with Crippen LogP contribution in [0.1, 0.15) is 18.6 Å². The number of hydrogen-bond acceptors (Lipinski definition) is 5. The number of aliphatic imine (C=N–C) groups is 1. The van der Waals surface area contributed by atoms with Gasteiger partial charge in [0, 0.05) is 32.7 Å². The predicted octanol–water partition coefficient (Wildman–Crippen LogP) is 2.94. The summed E-state index contributed by atoms with van der Waals surface area (Å²) in [5.74, 6) is 2.03. The second-order valence-electron chi connectivity index (χ2n) is 5.83. The fourth-order valence-corrected chi connectivity index (χ4v) is 3.10. The third-order valence-corrected chi connectivity index (χ3v) is 4.36. The second-order valence-corrected chi connectivity index (χ2v) is 6.24. The highest BCUT2D eigenvalue weighted by molar-refractivity contribution is 14.0. The number of para-hydroxylation sites is 1. The van der Waals surface area contributed by atoms with Gasteiger partial charge < -0.3 is 19.6 Å². The van der Waals surface area contributed by atoms with Crippen molar-refractivity contribution in [1.29, 1.82) is 0 Å². The van der Waals surface area contributed by atoms with Gasteiger partial charge in [-0.25, -0.2) is 4.99 Å². The number of aromatic nitrogens is 2. The Labute approximate surface area is 175 Å². The lowest BCUT2D eigenvalue weighted by Gasteiger charge is -2.38. The Bertz CT molecular complexity index is 730. The molecule has 0 amide bonds. The molecule has 1 aromatic heterocycles. The number of nitrogens with one attached hydrogen (secondary N) is 1. The highest BCUT2D eigenvalue weighted by Crippen LogP contribution is 2.26. The first-order chi connectivity index (χ1) is 12.2. The lowest BCUT2D eigenvalue weighted by atomic mass is 10.2. The molecule has 0 atom stereocenters. The minimum absolute atomic E-state index is 0. The Morgan fingerprint density at radius 1 is 1.27 bits per heavy atom. The van der Waals surface area contributed by atoms with Gasteiger partial charge in [0.25, 0.3) is 0 Å². The topological polar surface area (TPSA) is 69.8 Å². The van der Waals surface area contributed by atoms with Crippen molar-refractivity contribution >= 4 is 47.2 Å². The van der Waals surface area contributed by atoms with Crippen molar-refractivity contribution in [3.63, 3.8) is 0 Å². The van der Waals surface area contributed by atoms with Crippen LogP contribution in [0.25, 0.3) is 0 Å². The molecule has 1 aromatic carbocycles. The number of benzene rings is 1. The molecule has 1 aliphatic heterocycles. The third-order valence-electron chi connectivity index (χ3n) is 4.04. The van der Waals surface area contributed by atoms with Gasteiger partial charge in [-0.2, -0.15) is 4.98 Å². The van der Waals surface area contributed by atoms with Gasteiger partial charge in [-0.1, -0.05) is 28.9 Å². The first-order valence-corrected chi connectivity index (χ1v) is 8.87. The van der Waals surface area contributed by atoms with Crippen LogP contribution in [0.15, 0.2) is 33.8 Å². The molecular formula is C17H24ClIN6O. The molecule has 0 aliphatic carbocycles. The van der Waals surface area contributed by atoms with Crippen LogP contribution in [0.5, 0.6) is 0 Å². The van der Waals surface area contributed by atoms with Crippen molar-refractivity contribution < 1.29 is 4.52 Å². The summed E-state index contributed by atoms with van der Waals surface area (Å²) in [5, 5.41) is 7.93. The van der Waals surface area contributed by atoms with E-state index >= 15 is 0 Å². The molecule has 3 rings (SSSR count). The average molecular weight is 491 g/mol. The first kappa shape index (κ1) is 20.8. The minimum Gasteiger partial charge on any atom is -0.367 e. The molecule has 0 radical (unpaired) electrons. The van der Waals surface area contributed by atoms with Gasteiger partial charge in [0.2, 0.25) is 5.89 Å². The molecule has 9 heteroatoms. The van der Waals surface area contributed by atoms with E-state index in [2.05, 4.69) is 43.2 Å². The minimum atomic E-state index is 0. The zero-order valence-electron chi connectivity index (χ0n) is 15.0. The van der Waals surface area contributed by atoms with E-state index in [-0.39, 0.29) is 24.0 Å². The number of piperazine rings is 1. The van der Waals surface area contributed by atoms with Crippen LogP contribution in [0.3, 0.4) is 0 Å². The maximum absolute atomic E-state index is 6.31. The largest absolute Gasteiger partial charge is 0.367 e. The van der Waals surface area contributed by atoms with Crippen molar-refractivity contribution in [1.82, 2.24) is 20.4 Å². The fourth-order valence-electron chi connectivity index (χ4n) is 2.84. The Kier molecular flexibility index (Phi) is 7.95. The number of rotatable bonds is 4. The monoisotopic (exact) mass is 490 g/mol. The molecule has 1 fully saturated rings. The van der Waals surface area contributed by atoms with Gasteiger partial charge >= 0.3 is 0 Å². The Hall–Kier alpha value is -1.55. The summed E-state index contributed by atoms with van der Waals surface area (Å²) in [4.78, 5) is 13.4. The smallest absolute Gasteiger partial charge is 0.248 e. The molecule has 0 saturated carbocycles. The summed E-state index contributed by atoms with van der Waals surface area (Å²) in [6.45, 7) is 8.60. The van der Waals surface area contributed by atoms with Crippen molar-refractivity contribution in [2.45, 2.75) is 20.4 Å². The molecule has 1 aliphatic rings. The van der Waals surface area contributed by atoms with Gasteiger partial charge in [0.05, 0.1) is 10.7 Å². The molecule has 142 valence electrons. The summed E-state index contributed by atoms with van der Waals surface area (Å²) in [7, 11) is 0. The Balaban J connectivity index is 0.00000243. The van der Waals surface area contributed by atoms with Crippen LogP contribution in [0.4, 0.5) is 5.69 Å². The third kappa shape index (κ3) is 5.23. The quantitative estimate of drug-likeness (QED) is 0.404. The van der Waals surface area contributed by atoms with Gasteiger partial charge in [-0.15, -0.1) is 24.0 Å². The van der Waals surface area contributed by atoms with E-state index < -0.39 is 0 Å². The number of halogens is 2. The maximum atomic E-state index is 6.31. The van der Waals surface area contributed by atoms with Gasteiger partial charge in [0.1, 0.15) is 6.54 Å². The maximum Gasteiger partial charge on any atom is 0.248 e. The van der Waals surface area contributed by atoms with Crippen molar-refractivity contribution in [3.8, 4) is 0 Å². The van der Waals surface area contributed by atoms with E-state index in [1.165, 1.54) is 0 Å². The zero-order valence-corrected chi connectivity index (χ0v) is 18.1. The molecule has 2 heterocycles. The van der Waals surface area contributed by atoms with E-state index in [9.17, 15) is 0 Å². The lowest BCUT2D eigenvalue weighted by Crippen LogP contribution is -2.52. The van der Waals surface area contributed by atoms with Crippen LogP contribution in [0, 0.1) is 6.92 Å². The Morgan fingerprint density at radius 2 is 2.00 bits per heavy atom. The van der Waals surface area contributed by atoms with E-state index in [0.29, 0.717) is 18.3 Å². The summed E-state index contributed by atoms with van der Waals surface area (Å²) in [5.41, 5.74) is 1.09. The summed E-state index contributed by atoms with van der Waals surface area (Å²) in [6.07, 6.45) is 0. The van der Waals surface area contributed by atoms with Crippen molar-refractivity contribution in [2.75, 3.05) is 37.6 Å². The number of anilines is 1. The number of nitrogens with zero attached hydrogens (tertiary/aromatic N) is 5. The van der Waals surface area contributed by atoms with Crippen molar-refractivity contribution in [2.24, 2.45) is 4.99 Å². The summed E-state index contributed by atoms with van der Waals surface area (Å²) in [6, 6.07) is 7.97. The molecule has 0 spiro atoms. The summed E-state index contributed by atoms with van der Waals surface area (Å²) < 4.78 is 5.13. The predicted molar refractivity (Wildman–Crippen MR) is 115 cm³/mol. The first-order valence-electron chi connectivity index (χ1n) is 8.49. The number of guanidine groups is 1. The van der Waals surface area contributed by atoms with Gasteiger partial charge in [-0.05, 0) is 26.0 Å². The Morgan fingerprint density at radius 3 is 2.62 bits per heavy atom. The van der Waals surface area contributed by atoms with Crippen LogP contribution >= 0.6 is 35.6 Å². The molecule has 0 unspecified atom stereocenters. The highest BCUT2D eigenvalue weighted by Gasteiger charge is 2.21. The van der Waals surface area contributed by atoms with Crippen LogP contribution < -0.4 is 10.2 Å². The second kappa shape index (κ2) is 9.96. The van der Waals surface area contributed by atoms with Gasteiger partial charge in [0.15, 0.2) is 11.8 Å². The lowest BCUT2D eigenvalue weighted by molar-refractivity contribution is 0.363. The number of aryl methyl sites for hydroxylation is 1. The highest BCUT2D eigenvalue weighted by atomic mass is 127. The van der Waals surface area contributed by atoms with E-state index in [1.807, 2.05) is 18.2 Å². The van der Waals surface area contributed by atoms with Gasteiger partial charge in [-0.3, -0.25) is 0 Å². The van der Waals surface area contributed by atoms with Crippen LogP contribution in [-0.4, -0.2) is 53.7 Å². The molecule has 0 bridgehead atoms. The van der Waals surface area contributed by atoms with Crippen LogP contribution in [0.2, 0.25) is 5.02 Å². The van der Waals surface area contributed by atoms with Crippen LogP contribution in [-0.2, 0) is 6.54 Å². The SMILES string of the molecule is CCNC(=NCc1nc(C)no1)N1CCN(c2ccccc2Cl)CC1.I. The number of hydrogen-bond donors (Lipinski definition) is 1. The van der Waals surface area contributed by atoms with E-state index in [4.69, 9.17) is 16.1 Å². The molecule has 1 saturated heterocycles. The summed E-state index contributed by atoms with van der Waals surface area (Å²) >= 11 is 6.31. The molecule has 2 aromatic rings.